The lowest BCUT2D eigenvalue weighted by molar-refractivity contribution is -0.136. The second-order valence-electron chi connectivity index (χ2n) is 5.45. The maximum Gasteiger partial charge on any atom is 0.313 e. The molecule has 3 N–H and O–H groups in total. The molecule has 0 saturated heterocycles. The summed E-state index contributed by atoms with van der Waals surface area (Å²) in [6.45, 7) is 1.98. The number of amides is 2. The topological polar surface area (TPSA) is 78.4 Å². The van der Waals surface area contributed by atoms with E-state index in [4.69, 9.17) is 5.11 Å². The third-order valence-electron chi connectivity index (χ3n) is 3.41. The zero-order chi connectivity index (χ0) is 17.5. The minimum absolute atomic E-state index is 0.0171. The van der Waals surface area contributed by atoms with Crippen molar-refractivity contribution in [3.8, 4) is 0 Å². The van der Waals surface area contributed by atoms with Crippen molar-refractivity contribution in [1.82, 2.24) is 5.32 Å². The molecule has 126 valence electrons. The molecule has 0 unspecified atom stereocenters. The normalized spacial score (nSPS) is 10.3. The number of aryl methyl sites for hydroxylation is 1. The van der Waals surface area contributed by atoms with Crippen LogP contribution in [-0.2, 0) is 22.6 Å². The number of halogens is 1. The van der Waals surface area contributed by atoms with Gasteiger partial charge in [0.15, 0.2) is 0 Å². The van der Waals surface area contributed by atoms with E-state index in [2.05, 4.69) is 10.6 Å². The molecule has 2 aromatic rings. The van der Waals surface area contributed by atoms with Gasteiger partial charge in [0.25, 0.3) is 0 Å². The summed E-state index contributed by atoms with van der Waals surface area (Å²) in [6.07, 6.45) is 0.559. The molecule has 2 amide bonds. The first-order valence-corrected chi connectivity index (χ1v) is 7.53. The predicted octanol–water partition coefficient (Wildman–Crippen LogP) is 1.92. The standard InChI is InChI=1S/C18H19FN2O3/c1-12-8-15(19)10-16(9-12)21-18(24)17(23)20-7-6-13-2-4-14(11-22)5-3-13/h2-5,8-10,22H,6-7,11H2,1H3,(H,20,23)(H,21,24). The number of hydrogen-bond acceptors (Lipinski definition) is 3. The Labute approximate surface area is 139 Å². The molecule has 0 bridgehead atoms. The number of rotatable bonds is 5. The van der Waals surface area contributed by atoms with Crippen molar-refractivity contribution in [2.24, 2.45) is 0 Å². The quantitative estimate of drug-likeness (QED) is 0.733. The van der Waals surface area contributed by atoms with Crippen LogP contribution in [0.5, 0.6) is 0 Å². The summed E-state index contributed by atoms with van der Waals surface area (Å²) in [5.41, 5.74) is 2.69. The Balaban J connectivity index is 1.81. The van der Waals surface area contributed by atoms with Crippen LogP contribution in [0.15, 0.2) is 42.5 Å². The summed E-state index contributed by atoms with van der Waals surface area (Å²) in [4.78, 5) is 23.5. The third kappa shape index (κ3) is 5.17. The van der Waals surface area contributed by atoms with E-state index < -0.39 is 17.6 Å². The molecule has 0 aromatic heterocycles. The van der Waals surface area contributed by atoms with Crippen molar-refractivity contribution in [3.63, 3.8) is 0 Å². The average molecular weight is 330 g/mol. The van der Waals surface area contributed by atoms with Gasteiger partial charge in [-0.3, -0.25) is 9.59 Å². The summed E-state index contributed by atoms with van der Waals surface area (Å²) >= 11 is 0. The summed E-state index contributed by atoms with van der Waals surface area (Å²) in [5.74, 6) is -2.09. The molecule has 0 atom stereocenters. The van der Waals surface area contributed by atoms with Gasteiger partial charge in [-0.25, -0.2) is 4.39 Å². The number of benzene rings is 2. The number of hydrogen-bond donors (Lipinski definition) is 3. The molecule has 0 radical (unpaired) electrons. The molecule has 2 rings (SSSR count). The molecular formula is C18H19FN2O3. The van der Waals surface area contributed by atoms with E-state index in [-0.39, 0.29) is 12.3 Å². The van der Waals surface area contributed by atoms with Crippen LogP contribution >= 0.6 is 0 Å². The highest BCUT2D eigenvalue weighted by Gasteiger charge is 2.13. The van der Waals surface area contributed by atoms with E-state index in [1.165, 1.54) is 6.07 Å². The van der Waals surface area contributed by atoms with E-state index in [0.29, 0.717) is 18.5 Å². The minimum atomic E-state index is -0.837. The summed E-state index contributed by atoms with van der Waals surface area (Å²) in [5, 5.41) is 13.9. The number of anilines is 1. The van der Waals surface area contributed by atoms with Crippen LogP contribution in [0.1, 0.15) is 16.7 Å². The lowest BCUT2D eigenvalue weighted by Gasteiger charge is -2.08. The number of aliphatic hydroxyl groups excluding tert-OH is 1. The predicted molar refractivity (Wildman–Crippen MR) is 88.8 cm³/mol. The van der Waals surface area contributed by atoms with Crippen molar-refractivity contribution in [2.75, 3.05) is 11.9 Å². The van der Waals surface area contributed by atoms with Crippen LogP contribution in [0.25, 0.3) is 0 Å². The van der Waals surface area contributed by atoms with Gasteiger partial charge in [0.1, 0.15) is 5.82 Å². The van der Waals surface area contributed by atoms with Crippen molar-refractivity contribution in [3.05, 3.63) is 65.0 Å². The number of carbonyl (C=O) groups is 2. The summed E-state index contributed by atoms with van der Waals surface area (Å²) < 4.78 is 13.3. The highest BCUT2D eigenvalue weighted by atomic mass is 19.1. The van der Waals surface area contributed by atoms with Gasteiger partial charge >= 0.3 is 11.8 Å². The SMILES string of the molecule is Cc1cc(F)cc(NC(=O)C(=O)NCCc2ccc(CO)cc2)c1. The molecule has 24 heavy (non-hydrogen) atoms. The molecular weight excluding hydrogens is 311 g/mol. The van der Waals surface area contributed by atoms with E-state index in [1.54, 1.807) is 25.1 Å². The summed E-state index contributed by atoms with van der Waals surface area (Å²) in [7, 11) is 0. The van der Waals surface area contributed by atoms with Gasteiger partial charge in [-0.1, -0.05) is 24.3 Å². The Kier molecular flexibility index (Phi) is 6.03. The van der Waals surface area contributed by atoms with Crippen LogP contribution in [-0.4, -0.2) is 23.5 Å². The third-order valence-corrected chi connectivity index (χ3v) is 3.41. The molecule has 0 saturated carbocycles. The second-order valence-corrected chi connectivity index (χ2v) is 5.45. The number of aliphatic hydroxyl groups is 1. The van der Waals surface area contributed by atoms with Crippen LogP contribution in [0.4, 0.5) is 10.1 Å². The van der Waals surface area contributed by atoms with Gasteiger partial charge < -0.3 is 15.7 Å². The highest BCUT2D eigenvalue weighted by molar-refractivity contribution is 6.39. The molecule has 0 aliphatic rings. The highest BCUT2D eigenvalue weighted by Crippen LogP contribution is 2.13. The largest absolute Gasteiger partial charge is 0.392 e. The van der Waals surface area contributed by atoms with Gasteiger partial charge in [-0.05, 0) is 48.2 Å². The minimum Gasteiger partial charge on any atom is -0.392 e. The second kappa shape index (κ2) is 8.21. The molecule has 6 heteroatoms. The first-order chi connectivity index (χ1) is 11.5. The zero-order valence-corrected chi connectivity index (χ0v) is 13.3. The summed E-state index contributed by atoms with van der Waals surface area (Å²) in [6, 6.07) is 11.4. The van der Waals surface area contributed by atoms with Crippen molar-refractivity contribution in [1.29, 1.82) is 0 Å². The Morgan fingerprint density at radius 1 is 1.04 bits per heavy atom. The van der Waals surface area contributed by atoms with Gasteiger partial charge in [-0.15, -0.1) is 0 Å². The molecule has 2 aromatic carbocycles. The fraction of sp³-hybridized carbons (Fsp3) is 0.222. The number of carbonyl (C=O) groups excluding carboxylic acids is 2. The Bertz CT molecular complexity index is 709. The first kappa shape index (κ1) is 17.6. The van der Waals surface area contributed by atoms with Crippen molar-refractivity contribution < 1.29 is 19.1 Å². The lowest BCUT2D eigenvalue weighted by atomic mass is 10.1. The molecule has 0 heterocycles. The van der Waals surface area contributed by atoms with E-state index in [1.807, 2.05) is 12.1 Å². The monoisotopic (exact) mass is 330 g/mol. The average Bonchev–Trinajstić information content (AvgIpc) is 2.54. The van der Waals surface area contributed by atoms with E-state index in [0.717, 1.165) is 17.2 Å². The zero-order valence-electron chi connectivity index (χ0n) is 13.3. The molecule has 0 aliphatic carbocycles. The molecule has 0 aliphatic heterocycles. The Morgan fingerprint density at radius 3 is 2.33 bits per heavy atom. The van der Waals surface area contributed by atoms with Gasteiger partial charge in [0.05, 0.1) is 6.61 Å². The van der Waals surface area contributed by atoms with E-state index in [9.17, 15) is 14.0 Å². The fourth-order valence-corrected chi connectivity index (χ4v) is 2.21. The first-order valence-electron chi connectivity index (χ1n) is 7.53. The Morgan fingerprint density at radius 2 is 1.71 bits per heavy atom. The van der Waals surface area contributed by atoms with E-state index >= 15 is 0 Å². The fourth-order valence-electron chi connectivity index (χ4n) is 2.21. The smallest absolute Gasteiger partial charge is 0.313 e. The van der Waals surface area contributed by atoms with Crippen molar-refractivity contribution in [2.45, 2.75) is 20.0 Å². The maximum absolute atomic E-state index is 13.3. The van der Waals surface area contributed by atoms with Gasteiger partial charge in [0, 0.05) is 12.2 Å². The number of nitrogens with one attached hydrogen (secondary N) is 2. The Hall–Kier alpha value is -2.73. The van der Waals surface area contributed by atoms with Crippen molar-refractivity contribution >= 4 is 17.5 Å². The maximum atomic E-state index is 13.3. The molecule has 0 spiro atoms. The molecule has 5 nitrogen and oxygen atoms in total. The van der Waals surface area contributed by atoms with Crippen LogP contribution < -0.4 is 10.6 Å². The molecule has 0 fully saturated rings. The van der Waals surface area contributed by atoms with Crippen LogP contribution in [0.2, 0.25) is 0 Å². The lowest BCUT2D eigenvalue weighted by Crippen LogP contribution is -2.36. The van der Waals surface area contributed by atoms with Gasteiger partial charge in [0.2, 0.25) is 0 Å². The van der Waals surface area contributed by atoms with Gasteiger partial charge in [-0.2, -0.15) is 0 Å². The van der Waals surface area contributed by atoms with Crippen LogP contribution in [0.3, 0.4) is 0 Å². The van der Waals surface area contributed by atoms with Crippen LogP contribution in [0, 0.1) is 12.7 Å².